The number of ether oxygens (including phenoxy) is 2. The van der Waals surface area contributed by atoms with Crippen LogP contribution in [0.15, 0.2) is 88.8 Å². The van der Waals surface area contributed by atoms with Gasteiger partial charge in [-0.3, -0.25) is 19.4 Å². The van der Waals surface area contributed by atoms with Crippen LogP contribution in [0.1, 0.15) is 84.4 Å². The van der Waals surface area contributed by atoms with Gasteiger partial charge in [-0.05, 0) is 105 Å². The summed E-state index contributed by atoms with van der Waals surface area (Å²) >= 11 is 0. The smallest absolute Gasteiger partial charge is 0.262 e. The molecule has 65 heavy (non-hydrogen) atoms. The fourth-order valence-electron chi connectivity index (χ4n) is 7.39. The second kappa shape index (κ2) is 20.0. The molecule has 1 aliphatic rings. The van der Waals surface area contributed by atoms with E-state index in [1.165, 1.54) is 37.6 Å². The van der Waals surface area contributed by atoms with Gasteiger partial charge in [-0.15, -0.1) is 0 Å². The van der Waals surface area contributed by atoms with Gasteiger partial charge < -0.3 is 45.6 Å². The van der Waals surface area contributed by atoms with Crippen LogP contribution >= 0.6 is 0 Å². The predicted octanol–water partition coefficient (Wildman–Crippen LogP) is 8.25. The average Bonchev–Trinajstić information content (AvgIpc) is 3.26. The Morgan fingerprint density at radius 1 is 1.02 bits per heavy atom. The van der Waals surface area contributed by atoms with E-state index in [0.29, 0.717) is 52.4 Å². The van der Waals surface area contributed by atoms with Crippen molar-refractivity contribution >= 4 is 63.8 Å². The number of phenols is 1. The third-order valence-electron chi connectivity index (χ3n) is 12.1. The van der Waals surface area contributed by atoms with Crippen molar-refractivity contribution in [2.75, 3.05) is 51.0 Å². The number of aryl methyl sites for hydroxylation is 1. The minimum Gasteiger partial charge on any atom is -0.506 e. The Morgan fingerprint density at radius 3 is 2.48 bits per heavy atom. The number of anilines is 3. The first-order chi connectivity index (χ1) is 30.7. The van der Waals surface area contributed by atoms with Crippen LogP contribution in [0.4, 0.5) is 17.1 Å². The van der Waals surface area contributed by atoms with E-state index in [1.807, 2.05) is 0 Å². The minimum absolute atomic E-state index is 0.0334. The molecule has 1 aromatic heterocycles. The fourth-order valence-corrected chi connectivity index (χ4v) is 10.1. The summed E-state index contributed by atoms with van der Waals surface area (Å²) in [5.74, 6) is -0.428. The number of phenolic OH excluding ortho intramolecular Hbond substituents is 1. The SMILES string of the molecule is COc1cccc(Nc2c(C(N)=O)cnc3c(C)cc(S(=O)(=O)c4cccc(C(=O)N(C)CCCCCCNC[C@H](O[Si](C)(C)C(C)(C)C)c5ccc(O)c6c5OCC(=O)N6)c4)cc23)c1. The number of primary amides is 1. The molecule has 15 nitrogen and oxygen atoms in total. The number of fused-ring (bicyclic) bond motifs is 2. The highest BCUT2D eigenvalue weighted by atomic mass is 32.2. The maximum absolute atomic E-state index is 14.2. The molecule has 3 amide bonds. The molecule has 1 atom stereocenters. The second-order valence-electron chi connectivity index (χ2n) is 17.9. The molecule has 1 aliphatic heterocycles. The van der Waals surface area contributed by atoms with Crippen molar-refractivity contribution in [3.8, 4) is 17.2 Å². The number of unbranched alkanes of at least 4 members (excludes halogenated alkanes) is 3. The number of hydrogen-bond acceptors (Lipinski definition) is 12. The lowest BCUT2D eigenvalue weighted by molar-refractivity contribution is -0.118. The zero-order chi connectivity index (χ0) is 47.3. The summed E-state index contributed by atoms with van der Waals surface area (Å²) < 4.78 is 46.5. The van der Waals surface area contributed by atoms with Gasteiger partial charge in [-0.25, -0.2) is 8.42 Å². The molecule has 0 bridgehead atoms. The summed E-state index contributed by atoms with van der Waals surface area (Å²) in [5, 5.41) is 20.3. The number of aromatic nitrogens is 1. The Balaban J connectivity index is 1.07. The molecule has 346 valence electrons. The molecule has 0 saturated carbocycles. The van der Waals surface area contributed by atoms with E-state index in [2.05, 4.69) is 54.8 Å². The van der Waals surface area contributed by atoms with Gasteiger partial charge in [0, 0.05) is 54.6 Å². The lowest BCUT2D eigenvalue weighted by atomic mass is 10.0. The van der Waals surface area contributed by atoms with Gasteiger partial charge in [0.05, 0.1) is 39.8 Å². The number of pyridine rings is 1. The van der Waals surface area contributed by atoms with E-state index in [0.717, 1.165) is 37.8 Å². The van der Waals surface area contributed by atoms with Crippen LogP contribution in [-0.2, 0) is 19.1 Å². The van der Waals surface area contributed by atoms with Crippen molar-refractivity contribution in [3.63, 3.8) is 0 Å². The maximum Gasteiger partial charge on any atom is 0.262 e. The Bertz CT molecular complexity index is 2700. The number of aromatic hydroxyl groups is 1. The number of hydrogen-bond donors (Lipinski definition) is 5. The monoisotopic (exact) mass is 924 g/mol. The largest absolute Gasteiger partial charge is 0.506 e. The quantitative estimate of drug-likeness (QED) is 0.0301. The number of sulfone groups is 1. The van der Waals surface area contributed by atoms with Crippen LogP contribution in [0, 0.1) is 6.92 Å². The first kappa shape index (κ1) is 48.4. The Hall–Kier alpha value is -6.01. The number of nitrogens with two attached hydrogens (primary N) is 1. The van der Waals surface area contributed by atoms with Crippen LogP contribution < -0.4 is 31.2 Å². The van der Waals surface area contributed by atoms with Gasteiger partial charge in [-0.2, -0.15) is 0 Å². The van der Waals surface area contributed by atoms with E-state index in [1.54, 1.807) is 67.4 Å². The Labute approximate surface area is 382 Å². The number of amides is 3. The van der Waals surface area contributed by atoms with E-state index in [-0.39, 0.29) is 61.9 Å². The van der Waals surface area contributed by atoms with E-state index in [4.69, 9.17) is 19.6 Å². The molecule has 0 aliphatic carbocycles. The van der Waals surface area contributed by atoms with E-state index >= 15 is 0 Å². The summed E-state index contributed by atoms with van der Waals surface area (Å²) in [5.41, 5.74) is 9.04. The number of rotatable bonds is 19. The molecule has 17 heteroatoms. The van der Waals surface area contributed by atoms with Crippen molar-refractivity contribution in [1.82, 2.24) is 15.2 Å². The van der Waals surface area contributed by atoms with Crippen molar-refractivity contribution in [3.05, 3.63) is 101 Å². The highest BCUT2D eigenvalue weighted by Gasteiger charge is 2.40. The summed E-state index contributed by atoms with van der Waals surface area (Å²) in [6.45, 7) is 14.2. The number of nitrogens with zero attached hydrogens (tertiary/aromatic N) is 2. The highest BCUT2D eigenvalue weighted by molar-refractivity contribution is 7.91. The molecule has 0 unspecified atom stereocenters. The molecule has 6 N–H and O–H groups in total. The first-order valence-corrected chi connectivity index (χ1v) is 26.0. The molecule has 4 aromatic carbocycles. The number of nitrogens with one attached hydrogen (secondary N) is 3. The molecule has 5 aromatic rings. The van der Waals surface area contributed by atoms with Gasteiger partial charge in [0.1, 0.15) is 17.2 Å². The summed E-state index contributed by atoms with van der Waals surface area (Å²) in [4.78, 5) is 44.2. The van der Waals surface area contributed by atoms with Gasteiger partial charge in [0.15, 0.2) is 20.7 Å². The van der Waals surface area contributed by atoms with Crippen LogP contribution in [0.3, 0.4) is 0 Å². The van der Waals surface area contributed by atoms with Gasteiger partial charge in [0.2, 0.25) is 9.84 Å². The second-order valence-corrected chi connectivity index (χ2v) is 24.6. The van der Waals surface area contributed by atoms with Crippen molar-refractivity contribution < 1.29 is 41.8 Å². The zero-order valence-electron chi connectivity index (χ0n) is 38.3. The number of carbonyl (C=O) groups is 3. The normalized spacial score (nSPS) is 13.4. The average molecular weight is 925 g/mol. The molecule has 2 heterocycles. The van der Waals surface area contributed by atoms with Crippen molar-refractivity contribution in [2.24, 2.45) is 5.73 Å². The maximum atomic E-state index is 14.2. The summed E-state index contributed by atoms with van der Waals surface area (Å²) in [7, 11) is -3.15. The zero-order valence-corrected chi connectivity index (χ0v) is 40.1. The Kier molecular flexibility index (Phi) is 14.9. The molecule has 0 saturated heterocycles. The molecular weight excluding hydrogens is 865 g/mol. The van der Waals surface area contributed by atoms with Crippen LogP contribution in [0.5, 0.6) is 17.2 Å². The molecular formula is C48H60N6O9SSi. The predicted molar refractivity (Wildman–Crippen MR) is 255 cm³/mol. The summed E-state index contributed by atoms with van der Waals surface area (Å²) in [6.07, 6.45) is 4.42. The van der Waals surface area contributed by atoms with Crippen molar-refractivity contribution in [2.45, 2.75) is 87.4 Å². The lowest BCUT2D eigenvalue weighted by Crippen LogP contribution is -2.43. The third-order valence-corrected chi connectivity index (χ3v) is 18.3. The fraction of sp³-hybridized carbons (Fsp3) is 0.375. The van der Waals surface area contributed by atoms with Crippen LogP contribution in [0.2, 0.25) is 18.1 Å². The van der Waals surface area contributed by atoms with Gasteiger partial charge >= 0.3 is 0 Å². The minimum atomic E-state index is -4.15. The van der Waals surface area contributed by atoms with Gasteiger partial charge in [0.25, 0.3) is 17.7 Å². The topological polar surface area (TPSA) is 212 Å². The highest BCUT2D eigenvalue weighted by Crippen LogP contribution is 2.46. The molecule has 0 spiro atoms. The van der Waals surface area contributed by atoms with E-state index in [9.17, 15) is 27.9 Å². The van der Waals surface area contributed by atoms with Gasteiger partial charge in [-0.1, -0.05) is 45.7 Å². The molecule has 0 radical (unpaired) electrons. The third kappa shape index (κ3) is 11.1. The number of benzene rings is 4. The van der Waals surface area contributed by atoms with Crippen LogP contribution in [0.25, 0.3) is 10.9 Å². The number of methoxy groups -OCH3 is 1. The van der Waals surface area contributed by atoms with E-state index < -0.39 is 24.1 Å². The standard InChI is InChI=1S/C48H60N6O9SSi/c1-30-23-35(26-37-42(30)51-27-38(46(49)57)43(37)52-32-16-14-17-33(25-32)61-6)64(59,60)34-18-13-15-31(24-34)47(58)54(5)22-12-10-9-11-21-50-28-40(63-65(7,8)48(2,3)4)36-19-20-39(55)44-45(36)62-29-41(56)53-44/h13-20,23-27,40,50,55H,9-12,21-22,28-29H2,1-8H3,(H2,49,57)(H,51,52)(H,53,56)/t40-/m0/s1. The summed E-state index contributed by atoms with van der Waals surface area (Å²) in [6, 6.07) is 19.4. The Morgan fingerprint density at radius 2 is 1.75 bits per heavy atom. The first-order valence-electron chi connectivity index (χ1n) is 21.6. The molecule has 6 rings (SSSR count). The van der Waals surface area contributed by atoms with Crippen LogP contribution in [-0.4, -0.2) is 89.8 Å². The molecule has 0 fully saturated rings. The number of carbonyl (C=O) groups excluding carboxylic acids is 3. The van der Waals surface area contributed by atoms with Crippen molar-refractivity contribution in [1.29, 1.82) is 0 Å². The lowest BCUT2D eigenvalue weighted by Gasteiger charge is -2.40.